The van der Waals surface area contributed by atoms with Crippen LogP contribution in [0.3, 0.4) is 0 Å². The average Bonchev–Trinajstić information content (AvgIpc) is 2.46. The summed E-state index contributed by atoms with van der Waals surface area (Å²) in [5.41, 5.74) is 7.07. The maximum Gasteiger partial charge on any atom is 0.132 e. The molecule has 2 rings (SSSR count). The number of nitrogens with zero attached hydrogens (tertiary/aromatic N) is 3. The fraction of sp³-hybridized carbons (Fsp3) is 0.714. The molecule has 0 radical (unpaired) electrons. The fourth-order valence-electron chi connectivity index (χ4n) is 2.59. The second kappa shape index (κ2) is 6.09. The zero-order valence-corrected chi connectivity index (χ0v) is 13.0. The molecular weight excluding hydrogens is 256 g/mol. The van der Waals surface area contributed by atoms with E-state index in [1.807, 2.05) is 18.7 Å². The predicted octanol–water partition coefficient (Wildman–Crippen LogP) is 2.01. The van der Waals surface area contributed by atoms with Crippen LogP contribution in [0, 0.1) is 6.92 Å². The number of piperidine rings is 1. The maximum atomic E-state index is 5.94. The van der Waals surface area contributed by atoms with Crippen LogP contribution < -0.4 is 10.6 Å². The van der Waals surface area contributed by atoms with Crippen molar-refractivity contribution in [2.75, 3.05) is 30.8 Å². The van der Waals surface area contributed by atoms with Crippen molar-refractivity contribution >= 4 is 17.6 Å². The van der Waals surface area contributed by atoms with Gasteiger partial charge in [-0.3, -0.25) is 0 Å². The van der Waals surface area contributed by atoms with Gasteiger partial charge in [-0.15, -0.1) is 0 Å². The van der Waals surface area contributed by atoms with E-state index in [9.17, 15) is 0 Å². The third kappa shape index (κ3) is 3.20. The molecule has 2 N–H and O–H groups in total. The molecule has 106 valence electrons. The van der Waals surface area contributed by atoms with E-state index >= 15 is 0 Å². The molecule has 1 saturated heterocycles. The number of hydrogen-bond donors (Lipinski definition) is 1. The summed E-state index contributed by atoms with van der Waals surface area (Å²) in [7, 11) is 0. The first-order valence-electron chi connectivity index (χ1n) is 6.97. The number of thioether (sulfide) groups is 1. The van der Waals surface area contributed by atoms with Gasteiger partial charge in [0.05, 0.1) is 0 Å². The van der Waals surface area contributed by atoms with Crippen molar-refractivity contribution in [1.29, 1.82) is 0 Å². The van der Waals surface area contributed by atoms with Gasteiger partial charge in [-0.1, -0.05) is 6.92 Å². The fourth-order valence-corrected chi connectivity index (χ4v) is 3.35. The smallest absolute Gasteiger partial charge is 0.132 e. The topological polar surface area (TPSA) is 55.0 Å². The number of anilines is 1. The standard InChI is InChI=1S/C14H24N4S/c1-4-12-9-13(17-11(2)16-12)18-7-5-14(10-15,19-3)6-8-18/h9H,4-8,10,15H2,1-3H3. The zero-order chi connectivity index (χ0) is 13.9. The van der Waals surface area contributed by atoms with Gasteiger partial charge in [0.1, 0.15) is 11.6 Å². The lowest BCUT2D eigenvalue weighted by molar-refractivity contribution is 0.455. The van der Waals surface area contributed by atoms with E-state index in [0.717, 1.165) is 56.2 Å². The summed E-state index contributed by atoms with van der Waals surface area (Å²) in [5, 5.41) is 0. The average molecular weight is 280 g/mol. The van der Waals surface area contributed by atoms with E-state index in [1.165, 1.54) is 0 Å². The highest BCUT2D eigenvalue weighted by molar-refractivity contribution is 8.00. The van der Waals surface area contributed by atoms with Crippen molar-refractivity contribution in [2.24, 2.45) is 5.73 Å². The van der Waals surface area contributed by atoms with Gasteiger partial charge in [0, 0.05) is 36.1 Å². The molecule has 0 spiro atoms. The third-order valence-corrected chi connectivity index (χ3v) is 5.48. The molecule has 19 heavy (non-hydrogen) atoms. The Morgan fingerprint density at radius 2 is 2.05 bits per heavy atom. The van der Waals surface area contributed by atoms with Gasteiger partial charge >= 0.3 is 0 Å². The quantitative estimate of drug-likeness (QED) is 0.914. The molecule has 1 aromatic rings. The van der Waals surface area contributed by atoms with Crippen LogP contribution in [0.4, 0.5) is 5.82 Å². The van der Waals surface area contributed by atoms with Crippen LogP contribution >= 0.6 is 11.8 Å². The first kappa shape index (κ1) is 14.6. The molecule has 5 heteroatoms. The molecule has 0 amide bonds. The molecule has 1 aliphatic rings. The minimum absolute atomic E-state index is 0.270. The Balaban J connectivity index is 2.11. The Morgan fingerprint density at radius 1 is 1.37 bits per heavy atom. The first-order chi connectivity index (χ1) is 9.12. The predicted molar refractivity (Wildman–Crippen MR) is 82.9 cm³/mol. The van der Waals surface area contributed by atoms with E-state index in [0.29, 0.717) is 0 Å². The van der Waals surface area contributed by atoms with Crippen molar-refractivity contribution in [1.82, 2.24) is 9.97 Å². The summed E-state index contributed by atoms with van der Waals surface area (Å²) < 4.78 is 0.270. The molecule has 0 aromatic carbocycles. The Bertz CT molecular complexity index is 421. The number of aromatic nitrogens is 2. The van der Waals surface area contributed by atoms with Crippen LogP contribution in [0.5, 0.6) is 0 Å². The Kier molecular flexibility index (Phi) is 4.68. The highest BCUT2D eigenvalue weighted by Gasteiger charge is 2.33. The summed E-state index contributed by atoms with van der Waals surface area (Å²) in [5.74, 6) is 1.95. The lowest BCUT2D eigenvalue weighted by atomic mass is 9.96. The molecule has 1 aliphatic heterocycles. The van der Waals surface area contributed by atoms with Crippen LogP contribution in [0.25, 0.3) is 0 Å². The van der Waals surface area contributed by atoms with E-state index in [-0.39, 0.29) is 4.75 Å². The molecule has 1 aromatic heterocycles. The van der Waals surface area contributed by atoms with E-state index < -0.39 is 0 Å². The van der Waals surface area contributed by atoms with Crippen LogP contribution in [0.2, 0.25) is 0 Å². The van der Waals surface area contributed by atoms with Crippen LogP contribution in [0.1, 0.15) is 31.3 Å². The molecule has 0 bridgehead atoms. The maximum absolute atomic E-state index is 5.94. The van der Waals surface area contributed by atoms with Crippen molar-refractivity contribution in [3.05, 3.63) is 17.6 Å². The monoisotopic (exact) mass is 280 g/mol. The SMILES string of the molecule is CCc1cc(N2CCC(CN)(SC)CC2)nc(C)n1. The first-order valence-corrected chi connectivity index (χ1v) is 8.19. The molecule has 2 heterocycles. The van der Waals surface area contributed by atoms with Gasteiger partial charge in [0.15, 0.2) is 0 Å². The summed E-state index contributed by atoms with van der Waals surface area (Å²) in [6, 6.07) is 2.13. The van der Waals surface area contributed by atoms with Gasteiger partial charge < -0.3 is 10.6 Å². The normalized spacial score (nSPS) is 18.6. The van der Waals surface area contributed by atoms with Crippen molar-refractivity contribution in [3.8, 4) is 0 Å². The summed E-state index contributed by atoms with van der Waals surface area (Å²) in [6.45, 7) is 6.95. The van der Waals surface area contributed by atoms with Gasteiger partial charge in [0.25, 0.3) is 0 Å². The summed E-state index contributed by atoms with van der Waals surface area (Å²) in [6.07, 6.45) is 5.40. The van der Waals surface area contributed by atoms with Crippen LogP contribution in [-0.4, -0.2) is 40.6 Å². The Labute approximate surface area is 120 Å². The van der Waals surface area contributed by atoms with E-state index in [1.54, 1.807) is 0 Å². The van der Waals surface area contributed by atoms with Gasteiger partial charge in [-0.2, -0.15) is 11.8 Å². The van der Waals surface area contributed by atoms with Crippen LogP contribution in [-0.2, 0) is 6.42 Å². The summed E-state index contributed by atoms with van der Waals surface area (Å²) in [4.78, 5) is 11.4. The molecule has 0 atom stereocenters. The van der Waals surface area contributed by atoms with Gasteiger partial charge in [0.2, 0.25) is 0 Å². The molecule has 4 nitrogen and oxygen atoms in total. The lowest BCUT2D eigenvalue weighted by Crippen LogP contribution is -2.46. The molecular formula is C14H24N4S. The lowest BCUT2D eigenvalue weighted by Gasteiger charge is -2.40. The van der Waals surface area contributed by atoms with Gasteiger partial charge in [-0.25, -0.2) is 9.97 Å². The van der Waals surface area contributed by atoms with Crippen LogP contribution in [0.15, 0.2) is 6.07 Å². The number of rotatable bonds is 4. The third-order valence-electron chi connectivity index (χ3n) is 4.04. The molecule has 0 aliphatic carbocycles. The molecule has 0 unspecified atom stereocenters. The van der Waals surface area contributed by atoms with Crippen molar-refractivity contribution < 1.29 is 0 Å². The molecule has 0 saturated carbocycles. The highest BCUT2D eigenvalue weighted by atomic mass is 32.2. The second-order valence-corrected chi connectivity index (χ2v) is 6.47. The number of nitrogens with two attached hydrogens (primary N) is 1. The second-order valence-electron chi connectivity index (χ2n) is 5.20. The largest absolute Gasteiger partial charge is 0.356 e. The minimum atomic E-state index is 0.270. The Hall–Kier alpha value is -0.810. The zero-order valence-electron chi connectivity index (χ0n) is 12.1. The van der Waals surface area contributed by atoms with Gasteiger partial charge in [-0.05, 0) is 32.4 Å². The number of aryl methyl sites for hydroxylation is 2. The summed E-state index contributed by atoms with van der Waals surface area (Å²) >= 11 is 1.92. The molecule has 1 fully saturated rings. The van der Waals surface area contributed by atoms with Crippen molar-refractivity contribution in [2.45, 2.75) is 37.9 Å². The van der Waals surface area contributed by atoms with E-state index in [2.05, 4.69) is 34.1 Å². The Morgan fingerprint density at radius 3 is 2.58 bits per heavy atom. The highest BCUT2D eigenvalue weighted by Crippen LogP contribution is 2.34. The minimum Gasteiger partial charge on any atom is -0.356 e. The van der Waals surface area contributed by atoms with Crippen molar-refractivity contribution in [3.63, 3.8) is 0 Å². The van der Waals surface area contributed by atoms with E-state index in [4.69, 9.17) is 5.73 Å². The number of hydrogen-bond acceptors (Lipinski definition) is 5.